The van der Waals surface area contributed by atoms with Crippen LogP contribution in [0.4, 0.5) is 0 Å². The monoisotopic (exact) mass is 230 g/mol. The van der Waals surface area contributed by atoms with Crippen molar-refractivity contribution < 1.29 is 9.53 Å². The molecule has 0 heterocycles. The van der Waals surface area contributed by atoms with E-state index in [2.05, 4.69) is 11.8 Å². The first-order valence-electron chi connectivity index (χ1n) is 5.83. The van der Waals surface area contributed by atoms with Crippen LogP contribution >= 0.6 is 0 Å². The summed E-state index contributed by atoms with van der Waals surface area (Å²) in [5, 5.41) is 0. The molecule has 2 heteroatoms. The first-order valence-corrected chi connectivity index (χ1v) is 5.83. The Labute approximate surface area is 103 Å². The first kappa shape index (κ1) is 13.3. The number of ether oxygens (including phenoxy) is 1. The number of carbonyl (C=O) groups excluding carboxylic acids is 1. The Hall–Kier alpha value is -1.75. The molecule has 0 aromatic heterocycles. The van der Waals surface area contributed by atoms with Crippen LogP contribution in [0.25, 0.3) is 0 Å². The molecule has 0 aliphatic rings. The molecule has 1 aromatic carbocycles. The highest BCUT2D eigenvalue weighted by Gasteiger charge is 1.98. The summed E-state index contributed by atoms with van der Waals surface area (Å²) in [6, 6.07) is 7.89. The van der Waals surface area contributed by atoms with Crippen molar-refractivity contribution in [3.05, 3.63) is 29.8 Å². The lowest BCUT2D eigenvalue weighted by Gasteiger charge is -2.05. The maximum absolute atomic E-state index is 10.8. The van der Waals surface area contributed by atoms with Gasteiger partial charge in [-0.1, -0.05) is 12.1 Å². The van der Waals surface area contributed by atoms with Crippen molar-refractivity contribution in [2.45, 2.75) is 33.1 Å². The van der Waals surface area contributed by atoms with Crippen LogP contribution in [0.5, 0.6) is 5.75 Å². The van der Waals surface area contributed by atoms with Gasteiger partial charge in [0.2, 0.25) is 0 Å². The van der Waals surface area contributed by atoms with Gasteiger partial charge in [0.25, 0.3) is 0 Å². The zero-order valence-corrected chi connectivity index (χ0v) is 10.5. The Morgan fingerprint density at radius 3 is 2.59 bits per heavy atom. The van der Waals surface area contributed by atoms with Gasteiger partial charge in [0.05, 0.1) is 6.61 Å². The van der Waals surface area contributed by atoms with E-state index in [4.69, 9.17) is 4.74 Å². The lowest BCUT2D eigenvalue weighted by atomic mass is 10.1. The Morgan fingerprint density at radius 2 is 2.00 bits per heavy atom. The molecule has 0 N–H and O–H groups in total. The second-order valence-corrected chi connectivity index (χ2v) is 3.87. The average Bonchev–Trinajstić information content (AvgIpc) is 2.33. The molecule has 0 saturated heterocycles. The molecule has 0 spiro atoms. The van der Waals surface area contributed by atoms with Crippen LogP contribution in [0, 0.1) is 11.8 Å². The smallest absolute Gasteiger partial charge is 0.130 e. The van der Waals surface area contributed by atoms with E-state index in [0.717, 1.165) is 18.6 Å². The fourth-order valence-corrected chi connectivity index (χ4v) is 1.42. The van der Waals surface area contributed by atoms with E-state index in [1.807, 2.05) is 31.2 Å². The Bertz CT molecular complexity index is 407. The molecular weight excluding hydrogens is 212 g/mol. The van der Waals surface area contributed by atoms with Crippen LogP contribution in [0.1, 0.15) is 32.3 Å². The van der Waals surface area contributed by atoms with Crippen molar-refractivity contribution in [2.75, 3.05) is 6.61 Å². The molecule has 0 amide bonds. The third-order valence-corrected chi connectivity index (χ3v) is 2.36. The van der Waals surface area contributed by atoms with Crippen molar-refractivity contribution in [3.63, 3.8) is 0 Å². The van der Waals surface area contributed by atoms with E-state index in [0.29, 0.717) is 13.0 Å². The number of rotatable bonds is 6. The van der Waals surface area contributed by atoms with Gasteiger partial charge in [0.1, 0.15) is 11.5 Å². The number of aryl methyl sites for hydroxylation is 1. The lowest BCUT2D eigenvalue weighted by molar-refractivity contribution is -0.116. The van der Waals surface area contributed by atoms with Crippen molar-refractivity contribution >= 4 is 5.78 Å². The maximum Gasteiger partial charge on any atom is 0.130 e. The van der Waals surface area contributed by atoms with Crippen molar-refractivity contribution in [1.82, 2.24) is 0 Å². The predicted molar refractivity (Wildman–Crippen MR) is 69.0 cm³/mol. The zero-order chi connectivity index (χ0) is 12.5. The van der Waals surface area contributed by atoms with Crippen molar-refractivity contribution in [2.24, 2.45) is 0 Å². The van der Waals surface area contributed by atoms with Crippen LogP contribution < -0.4 is 4.74 Å². The number of hydrogen-bond acceptors (Lipinski definition) is 2. The van der Waals surface area contributed by atoms with Gasteiger partial charge in [-0.2, -0.15) is 0 Å². The number of benzene rings is 1. The number of hydrogen-bond donors (Lipinski definition) is 0. The van der Waals surface area contributed by atoms with Gasteiger partial charge >= 0.3 is 0 Å². The van der Waals surface area contributed by atoms with Gasteiger partial charge in [-0.15, -0.1) is 11.8 Å². The van der Waals surface area contributed by atoms with Gasteiger partial charge in [-0.3, -0.25) is 0 Å². The highest BCUT2D eigenvalue weighted by Crippen LogP contribution is 2.13. The summed E-state index contributed by atoms with van der Waals surface area (Å²) in [6.45, 7) is 4.06. The molecule has 0 radical (unpaired) electrons. The molecule has 1 aromatic rings. The Kier molecular flexibility index (Phi) is 5.88. The summed E-state index contributed by atoms with van der Waals surface area (Å²) in [4.78, 5) is 10.8. The van der Waals surface area contributed by atoms with E-state index in [9.17, 15) is 4.79 Å². The van der Waals surface area contributed by atoms with Gasteiger partial charge in [0.15, 0.2) is 0 Å². The molecule has 0 aliphatic carbocycles. The van der Waals surface area contributed by atoms with Gasteiger partial charge in [0, 0.05) is 12.8 Å². The summed E-state index contributed by atoms with van der Waals surface area (Å²) in [5.41, 5.74) is 1.17. The molecule has 0 bridgehead atoms. The van der Waals surface area contributed by atoms with Crippen LogP contribution in [0.3, 0.4) is 0 Å². The SMILES string of the molecule is CC#CCCOc1ccc(CCC(C)=O)cc1. The molecule has 1 rings (SSSR count). The van der Waals surface area contributed by atoms with Crippen LogP contribution in [0.15, 0.2) is 24.3 Å². The minimum absolute atomic E-state index is 0.225. The summed E-state index contributed by atoms with van der Waals surface area (Å²) in [5.74, 6) is 6.86. The molecule has 2 nitrogen and oxygen atoms in total. The predicted octanol–water partition coefficient (Wildman–Crippen LogP) is 3.00. The van der Waals surface area contributed by atoms with E-state index >= 15 is 0 Å². The summed E-state index contributed by atoms with van der Waals surface area (Å²) >= 11 is 0. The van der Waals surface area contributed by atoms with Crippen LogP contribution in [-0.4, -0.2) is 12.4 Å². The molecule has 0 atom stereocenters. The second kappa shape index (κ2) is 7.51. The van der Waals surface area contributed by atoms with Crippen LogP contribution in [0.2, 0.25) is 0 Å². The highest BCUT2D eigenvalue weighted by molar-refractivity contribution is 5.75. The summed E-state index contributed by atoms with van der Waals surface area (Å²) < 4.78 is 5.52. The third-order valence-electron chi connectivity index (χ3n) is 2.36. The van der Waals surface area contributed by atoms with Crippen LogP contribution in [-0.2, 0) is 11.2 Å². The van der Waals surface area contributed by atoms with Crippen molar-refractivity contribution in [1.29, 1.82) is 0 Å². The summed E-state index contributed by atoms with van der Waals surface area (Å²) in [7, 11) is 0. The topological polar surface area (TPSA) is 26.3 Å². The number of ketones is 1. The normalized spacial score (nSPS) is 9.29. The van der Waals surface area contributed by atoms with Crippen molar-refractivity contribution in [3.8, 4) is 17.6 Å². The molecule has 0 aliphatic heterocycles. The molecule has 17 heavy (non-hydrogen) atoms. The molecular formula is C15H18O2. The minimum atomic E-state index is 0.225. The van der Waals surface area contributed by atoms with Gasteiger partial charge in [-0.25, -0.2) is 0 Å². The Balaban J connectivity index is 2.38. The number of carbonyl (C=O) groups is 1. The number of Topliss-reactive ketones (excluding diaryl/α,β-unsaturated/α-hetero) is 1. The van der Waals surface area contributed by atoms with E-state index in [-0.39, 0.29) is 5.78 Å². The minimum Gasteiger partial charge on any atom is -0.493 e. The zero-order valence-electron chi connectivity index (χ0n) is 10.5. The quantitative estimate of drug-likeness (QED) is 0.554. The maximum atomic E-state index is 10.8. The molecule has 0 saturated carbocycles. The van der Waals surface area contributed by atoms with E-state index in [1.54, 1.807) is 6.92 Å². The summed E-state index contributed by atoms with van der Waals surface area (Å²) in [6.07, 6.45) is 2.16. The third kappa shape index (κ3) is 5.77. The van der Waals surface area contributed by atoms with E-state index < -0.39 is 0 Å². The fourth-order valence-electron chi connectivity index (χ4n) is 1.42. The van der Waals surface area contributed by atoms with E-state index in [1.165, 1.54) is 5.56 Å². The molecule has 0 fully saturated rings. The standard InChI is InChI=1S/C15H18O2/c1-3-4-5-12-17-15-10-8-14(9-11-15)7-6-13(2)16/h8-11H,5-7,12H2,1-2H3. The molecule has 90 valence electrons. The fraction of sp³-hybridized carbons (Fsp3) is 0.400. The highest BCUT2D eigenvalue weighted by atomic mass is 16.5. The first-order chi connectivity index (χ1) is 8.22. The second-order valence-electron chi connectivity index (χ2n) is 3.87. The van der Waals surface area contributed by atoms with Gasteiger partial charge < -0.3 is 9.53 Å². The molecule has 0 unspecified atom stereocenters. The van der Waals surface area contributed by atoms with Gasteiger partial charge in [-0.05, 0) is 38.0 Å². The lowest BCUT2D eigenvalue weighted by Crippen LogP contribution is -1.97. The average molecular weight is 230 g/mol. The Morgan fingerprint density at radius 1 is 1.29 bits per heavy atom. The largest absolute Gasteiger partial charge is 0.493 e.